The van der Waals surface area contributed by atoms with Gasteiger partial charge in [-0.25, -0.2) is 0 Å². The zero-order chi connectivity index (χ0) is 12.7. The molecular formula is C16H23N3. The first kappa shape index (κ1) is 11.9. The van der Waals surface area contributed by atoms with Gasteiger partial charge in [-0.1, -0.05) is 6.07 Å². The molecule has 0 amide bonds. The van der Waals surface area contributed by atoms with E-state index in [2.05, 4.69) is 26.9 Å². The van der Waals surface area contributed by atoms with Crippen LogP contribution in [0.5, 0.6) is 0 Å². The summed E-state index contributed by atoms with van der Waals surface area (Å²) in [5.41, 5.74) is 1.23. The van der Waals surface area contributed by atoms with Crippen molar-refractivity contribution < 1.29 is 0 Å². The van der Waals surface area contributed by atoms with E-state index in [1.807, 2.05) is 12.3 Å². The van der Waals surface area contributed by atoms with Gasteiger partial charge in [-0.2, -0.15) is 0 Å². The van der Waals surface area contributed by atoms with Crippen molar-refractivity contribution in [2.45, 2.75) is 44.3 Å². The molecule has 1 aliphatic carbocycles. The Labute approximate surface area is 115 Å². The summed E-state index contributed by atoms with van der Waals surface area (Å²) in [4.78, 5) is 9.92. The van der Waals surface area contributed by atoms with Crippen molar-refractivity contribution in [3.8, 4) is 0 Å². The molecule has 2 aliphatic heterocycles. The van der Waals surface area contributed by atoms with Gasteiger partial charge in [0.2, 0.25) is 0 Å². The van der Waals surface area contributed by atoms with Gasteiger partial charge in [0.05, 0.1) is 5.69 Å². The number of aromatic nitrogens is 1. The largest absolute Gasteiger partial charge is 0.298 e. The van der Waals surface area contributed by atoms with Crippen LogP contribution in [0.15, 0.2) is 24.4 Å². The molecular weight excluding hydrogens is 234 g/mol. The lowest BCUT2D eigenvalue weighted by Crippen LogP contribution is -2.37. The maximum absolute atomic E-state index is 4.48. The molecule has 2 saturated heterocycles. The molecule has 19 heavy (non-hydrogen) atoms. The second-order valence-corrected chi connectivity index (χ2v) is 6.44. The van der Waals surface area contributed by atoms with Crippen LogP contribution in [-0.2, 0) is 6.54 Å². The number of hydrogen-bond acceptors (Lipinski definition) is 3. The van der Waals surface area contributed by atoms with Gasteiger partial charge >= 0.3 is 0 Å². The van der Waals surface area contributed by atoms with Crippen LogP contribution in [0.25, 0.3) is 0 Å². The van der Waals surface area contributed by atoms with E-state index in [9.17, 15) is 0 Å². The lowest BCUT2D eigenvalue weighted by atomic mass is 10.1. The molecule has 4 rings (SSSR count). The predicted molar refractivity (Wildman–Crippen MR) is 75.8 cm³/mol. The quantitative estimate of drug-likeness (QED) is 0.824. The van der Waals surface area contributed by atoms with Crippen LogP contribution in [0, 0.1) is 5.92 Å². The van der Waals surface area contributed by atoms with Crippen molar-refractivity contribution in [2.24, 2.45) is 5.92 Å². The first-order valence-corrected chi connectivity index (χ1v) is 7.78. The molecule has 3 heterocycles. The molecule has 3 fully saturated rings. The van der Waals surface area contributed by atoms with Crippen LogP contribution >= 0.6 is 0 Å². The molecule has 0 unspecified atom stereocenters. The van der Waals surface area contributed by atoms with E-state index in [4.69, 9.17) is 0 Å². The van der Waals surface area contributed by atoms with Gasteiger partial charge in [-0.3, -0.25) is 14.8 Å². The van der Waals surface area contributed by atoms with Crippen LogP contribution in [0.2, 0.25) is 0 Å². The van der Waals surface area contributed by atoms with Gasteiger partial charge in [0.25, 0.3) is 0 Å². The summed E-state index contributed by atoms with van der Waals surface area (Å²) >= 11 is 0. The lowest BCUT2D eigenvalue weighted by molar-refractivity contribution is 0.211. The minimum absolute atomic E-state index is 0.792. The average molecular weight is 257 g/mol. The molecule has 0 spiro atoms. The molecule has 3 nitrogen and oxygen atoms in total. The number of pyridine rings is 1. The third-order valence-corrected chi connectivity index (χ3v) is 5.09. The maximum atomic E-state index is 4.48. The monoisotopic (exact) mass is 257 g/mol. The van der Waals surface area contributed by atoms with E-state index in [0.29, 0.717) is 0 Å². The Morgan fingerprint density at radius 2 is 1.79 bits per heavy atom. The number of rotatable bonds is 4. The van der Waals surface area contributed by atoms with Crippen molar-refractivity contribution in [1.29, 1.82) is 0 Å². The standard InChI is InChI=1S/C16H23N3/c1-2-8-17-14(3-1)12-19-10-7-15-16(19)6-9-18(15)11-13-4-5-13/h1-3,8,13,15-16H,4-7,9-12H2/t15-,16+/m0/s1. The molecule has 102 valence electrons. The minimum Gasteiger partial charge on any atom is -0.298 e. The first-order chi connectivity index (χ1) is 9.40. The highest BCUT2D eigenvalue weighted by Gasteiger charge is 2.43. The summed E-state index contributed by atoms with van der Waals surface area (Å²) in [6.45, 7) is 5.00. The number of likely N-dealkylation sites (tertiary alicyclic amines) is 2. The Hall–Kier alpha value is -0.930. The lowest BCUT2D eigenvalue weighted by Gasteiger charge is -2.25. The van der Waals surface area contributed by atoms with Crippen LogP contribution < -0.4 is 0 Å². The van der Waals surface area contributed by atoms with Crippen LogP contribution in [-0.4, -0.2) is 46.5 Å². The van der Waals surface area contributed by atoms with E-state index in [0.717, 1.165) is 24.5 Å². The second kappa shape index (κ2) is 4.88. The van der Waals surface area contributed by atoms with Crippen molar-refractivity contribution in [2.75, 3.05) is 19.6 Å². The Morgan fingerprint density at radius 1 is 1.00 bits per heavy atom. The summed E-state index contributed by atoms with van der Waals surface area (Å²) in [6, 6.07) is 7.89. The van der Waals surface area contributed by atoms with E-state index in [-0.39, 0.29) is 0 Å². The Morgan fingerprint density at radius 3 is 2.53 bits per heavy atom. The summed E-state index contributed by atoms with van der Waals surface area (Å²) < 4.78 is 0. The summed E-state index contributed by atoms with van der Waals surface area (Å²) in [6.07, 6.45) is 7.60. The van der Waals surface area contributed by atoms with Crippen LogP contribution in [0.1, 0.15) is 31.4 Å². The van der Waals surface area contributed by atoms with E-state index >= 15 is 0 Å². The molecule has 2 atom stereocenters. The average Bonchev–Trinajstić information content (AvgIpc) is 3.03. The topological polar surface area (TPSA) is 19.4 Å². The van der Waals surface area contributed by atoms with Crippen molar-refractivity contribution >= 4 is 0 Å². The fourth-order valence-corrected chi connectivity index (χ4v) is 3.92. The van der Waals surface area contributed by atoms with Crippen molar-refractivity contribution in [3.05, 3.63) is 30.1 Å². The molecule has 0 radical (unpaired) electrons. The highest BCUT2D eigenvalue weighted by Crippen LogP contribution is 2.37. The molecule has 0 bridgehead atoms. The Balaban J connectivity index is 1.40. The van der Waals surface area contributed by atoms with E-state index < -0.39 is 0 Å². The molecule has 3 heteroatoms. The third-order valence-electron chi connectivity index (χ3n) is 5.09. The Bertz CT molecular complexity index is 429. The third kappa shape index (κ3) is 2.41. The van der Waals surface area contributed by atoms with Crippen molar-refractivity contribution in [3.63, 3.8) is 0 Å². The first-order valence-electron chi connectivity index (χ1n) is 7.78. The zero-order valence-electron chi connectivity index (χ0n) is 11.5. The Kier molecular flexibility index (Phi) is 3.04. The zero-order valence-corrected chi connectivity index (χ0v) is 11.5. The second-order valence-electron chi connectivity index (χ2n) is 6.44. The fourth-order valence-electron chi connectivity index (χ4n) is 3.92. The smallest absolute Gasteiger partial charge is 0.0544 e. The minimum atomic E-state index is 0.792. The van der Waals surface area contributed by atoms with Gasteiger partial charge in [0.1, 0.15) is 0 Å². The van der Waals surface area contributed by atoms with Gasteiger partial charge in [0.15, 0.2) is 0 Å². The summed E-state index contributed by atoms with van der Waals surface area (Å²) in [7, 11) is 0. The van der Waals surface area contributed by atoms with Gasteiger partial charge in [0, 0.05) is 44.5 Å². The highest BCUT2D eigenvalue weighted by atomic mass is 15.3. The SMILES string of the molecule is c1ccc(CN2CC[C@H]3[C@H]2CCN3CC2CC2)nc1. The van der Waals surface area contributed by atoms with Gasteiger partial charge in [-0.15, -0.1) is 0 Å². The molecule has 0 N–H and O–H groups in total. The summed E-state index contributed by atoms with van der Waals surface area (Å²) in [5.74, 6) is 1.03. The fraction of sp³-hybridized carbons (Fsp3) is 0.688. The van der Waals surface area contributed by atoms with E-state index in [1.54, 1.807) is 0 Å². The van der Waals surface area contributed by atoms with Crippen molar-refractivity contribution in [1.82, 2.24) is 14.8 Å². The number of fused-ring (bicyclic) bond motifs is 1. The molecule has 1 saturated carbocycles. The number of nitrogens with zero attached hydrogens (tertiary/aromatic N) is 3. The van der Waals surface area contributed by atoms with Gasteiger partial charge < -0.3 is 0 Å². The van der Waals surface area contributed by atoms with Gasteiger partial charge in [-0.05, 0) is 43.7 Å². The molecule has 1 aromatic rings. The molecule has 3 aliphatic rings. The highest BCUT2D eigenvalue weighted by molar-refractivity contribution is 5.06. The van der Waals surface area contributed by atoms with E-state index in [1.165, 1.54) is 51.0 Å². The summed E-state index contributed by atoms with van der Waals surface area (Å²) in [5, 5.41) is 0. The predicted octanol–water partition coefficient (Wildman–Crippen LogP) is 2.14. The van der Waals surface area contributed by atoms with Crippen LogP contribution in [0.3, 0.4) is 0 Å². The normalized spacial score (nSPS) is 31.8. The number of hydrogen-bond donors (Lipinski definition) is 0. The maximum Gasteiger partial charge on any atom is 0.0544 e. The van der Waals surface area contributed by atoms with Crippen LogP contribution in [0.4, 0.5) is 0 Å². The molecule has 0 aromatic carbocycles. The molecule has 1 aromatic heterocycles.